The summed E-state index contributed by atoms with van der Waals surface area (Å²) in [6.45, 7) is 0. The number of pyridine rings is 1. The zero-order valence-electron chi connectivity index (χ0n) is 9.43. The van der Waals surface area contributed by atoms with Crippen molar-refractivity contribution in [1.82, 2.24) is 4.98 Å². The molecule has 0 amide bonds. The normalized spacial score (nSPS) is 25.4. The van der Waals surface area contributed by atoms with Crippen LogP contribution in [0.1, 0.15) is 25.7 Å². The standard InChI is InChI=1S/C12H17FN2O/c1-15(9-5-2-3-6-10(9)16)12-8-4-7-11(13)14-12/h4,7-10,16H,2-3,5-6H2,1H3. The number of anilines is 1. The maximum absolute atomic E-state index is 13.0. The van der Waals surface area contributed by atoms with Crippen LogP contribution in [0.5, 0.6) is 0 Å². The Morgan fingerprint density at radius 3 is 2.81 bits per heavy atom. The van der Waals surface area contributed by atoms with Gasteiger partial charge in [-0.1, -0.05) is 18.9 Å². The Labute approximate surface area is 94.9 Å². The van der Waals surface area contributed by atoms with Crippen molar-refractivity contribution < 1.29 is 9.50 Å². The molecule has 1 N–H and O–H groups in total. The first-order valence-corrected chi connectivity index (χ1v) is 5.72. The van der Waals surface area contributed by atoms with Crippen LogP contribution in [-0.2, 0) is 0 Å². The van der Waals surface area contributed by atoms with Gasteiger partial charge in [0.05, 0.1) is 12.1 Å². The molecule has 0 bridgehead atoms. The van der Waals surface area contributed by atoms with Gasteiger partial charge in [0.2, 0.25) is 5.95 Å². The second-order valence-corrected chi connectivity index (χ2v) is 4.35. The first kappa shape index (κ1) is 11.3. The SMILES string of the molecule is CN(c1cccc(F)n1)C1CCCCC1O. The third-order valence-corrected chi connectivity index (χ3v) is 3.25. The quantitative estimate of drug-likeness (QED) is 0.780. The van der Waals surface area contributed by atoms with E-state index in [2.05, 4.69) is 4.98 Å². The molecule has 0 aliphatic heterocycles. The number of rotatable bonds is 2. The fraction of sp³-hybridized carbons (Fsp3) is 0.583. The number of aliphatic hydroxyl groups excluding tert-OH is 1. The number of likely N-dealkylation sites (N-methyl/N-ethyl adjacent to an activating group) is 1. The minimum absolute atomic E-state index is 0.0584. The molecule has 16 heavy (non-hydrogen) atoms. The van der Waals surface area contributed by atoms with E-state index in [1.54, 1.807) is 12.1 Å². The molecule has 1 saturated carbocycles. The molecule has 4 heteroatoms. The average molecular weight is 224 g/mol. The summed E-state index contributed by atoms with van der Waals surface area (Å²) in [5.41, 5.74) is 0. The molecular weight excluding hydrogens is 207 g/mol. The van der Waals surface area contributed by atoms with Crippen LogP contribution in [0, 0.1) is 5.95 Å². The first-order valence-electron chi connectivity index (χ1n) is 5.72. The second kappa shape index (κ2) is 4.78. The first-order chi connectivity index (χ1) is 7.68. The van der Waals surface area contributed by atoms with Crippen molar-refractivity contribution in [2.75, 3.05) is 11.9 Å². The number of hydrogen-bond donors (Lipinski definition) is 1. The van der Waals surface area contributed by atoms with Crippen LogP contribution in [0.2, 0.25) is 0 Å². The van der Waals surface area contributed by atoms with Gasteiger partial charge in [0, 0.05) is 7.05 Å². The fourth-order valence-corrected chi connectivity index (χ4v) is 2.31. The van der Waals surface area contributed by atoms with Crippen molar-refractivity contribution in [3.8, 4) is 0 Å². The zero-order chi connectivity index (χ0) is 11.5. The zero-order valence-corrected chi connectivity index (χ0v) is 9.43. The largest absolute Gasteiger partial charge is 0.391 e. The van der Waals surface area contributed by atoms with Gasteiger partial charge in [-0.25, -0.2) is 4.98 Å². The predicted octanol–water partition coefficient (Wildman–Crippen LogP) is 1.96. The van der Waals surface area contributed by atoms with Crippen molar-refractivity contribution >= 4 is 5.82 Å². The van der Waals surface area contributed by atoms with Gasteiger partial charge in [-0.2, -0.15) is 4.39 Å². The number of aliphatic hydroxyl groups is 1. The van der Waals surface area contributed by atoms with Gasteiger partial charge in [0.25, 0.3) is 0 Å². The monoisotopic (exact) mass is 224 g/mol. The van der Waals surface area contributed by atoms with E-state index in [1.165, 1.54) is 6.07 Å². The summed E-state index contributed by atoms with van der Waals surface area (Å²) in [5.74, 6) is 0.112. The summed E-state index contributed by atoms with van der Waals surface area (Å²) in [7, 11) is 1.86. The van der Waals surface area contributed by atoms with Gasteiger partial charge in [0.15, 0.2) is 0 Å². The van der Waals surface area contributed by atoms with Crippen LogP contribution in [0.15, 0.2) is 18.2 Å². The molecule has 1 aromatic heterocycles. The summed E-state index contributed by atoms with van der Waals surface area (Å²) < 4.78 is 13.0. The van der Waals surface area contributed by atoms with Crippen molar-refractivity contribution in [1.29, 1.82) is 0 Å². The van der Waals surface area contributed by atoms with E-state index in [4.69, 9.17) is 0 Å². The van der Waals surface area contributed by atoms with Crippen molar-refractivity contribution in [3.05, 3.63) is 24.1 Å². The van der Waals surface area contributed by atoms with Crippen molar-refractivity contribution in [2.45, 2.75) is 37.8 Å². The van der Waals surface area contributed by atoms with E-state index in [0.717, 1.165) is 25.7 Å². The van der Waals surface area contributed by atoms with Crippen LogP contribution in [0.4, 0.5) is 10.2 Å². The molecule has 0 radical (unpaired) electrons. The number of aromatic nitrogens is 1. The highest BCUT2D eigenvalue weighted by Gasteiger charge is 2.27. The Balaban J connectivity index is 2.14. The van der Waals surface area contributed by atoms with E-state index in [9.17, 15) is 9.50 Å². The number of hydrogen-bond acceptors (Lipinski definition) is 3. The van der Waals surface area contributed by atoms with Gasteiger partial charge in [-0.15, -0.1) is 0 Å². The Morgan fingerprint density at radius 1 is 1.38 bits per heavy atom. The lowest BCUT2D eigenvalue weighted by Gasteiger charge is -2.35. The van der Waals surface area contributed by atoms with E-state index >= 15 is 0 Å². The molecule has 0 aromatic carbocycles. The molecule has 2 unspecified atom stereocenters. The van der Waals surface area contributed by atoms with Crippen LogP contribution >= 0.6 is 0 Å². The van der Waals surface area contributed by atoms with Gasteiger partial charge < -0.3 is 10.0 Å². The van der Waals surface area contributed by atoms with Crippen LogP contribution in [-0.4, -0.2) is 29.3 Å². The molecule has 2 atom stereocenters. The smallest absolute Gasteiger partial charge is 0.214 e. The summed E-state index contributed by atoms with van der Waals surface area (Å²) in [6, 6.07) is 4.80. The highest BCUT2D eigenvalue weighted by atomic mass is 19.1. The van der Waals surface area contributed by atoms with Crippen molar-refractivity contribution in [3.63, 3.8) is 0 Å². The van der Waals surface area contributed by atoms with Crippen molar-refractivity contribution in [2.24, 2.45) is 0 Å². The minimum atomic E-state index is -0.477. The molecule has 1 heterocycles. The number of nitrogens with zero attached hydrogens (tertiary/aromatic N) is 2. The van der Waals surface area contributed by atoms with Crippen LogP contribution < -0.4 is 4.90 Å². The molecule has 1 fully saturated rings. The Kier molecular flexibility index (Phi) is 3.39. The molecule has 1 aliphatic rings. The van der Waals surface area contributed by atoms with E-state index in [-0.39, 0.29) is 12.1 Å². The predicted molar refractivity (Wildman–Crippen MR) is 60.9 cm³/mol. The molecule has 1 aromatic rings. The maximum Gasteiger partial charge on any atom is 0.214 e. The Bertz CT molecular complexity index is 359. The fourth-order valence-electron chi connectivity index (χ4n) is 2.31. The van der Waals surface area contributed by atoms with Gasteiger partial charge in [-0.3, -0.25) is 0 Å². The Morgan fingerprint density at radius 2 is 2.12 bits per heavy atom. The van der Waals surface area contributed by atoms with Gasteiger partial charge >= 0.3 is 0 Å². The highest BCUT2D eigenvalue weighted by Crippen LogP contribution is 2.25. The van der Waals surface area contributed by atoms with Gasteiger partial charge in [0.1, 0.15) is 5.82 Å². The third kappa shape index (κ3) is 2.32. The molecule has 0 spiro atoms. The summed E-state index contributed by atoms with van der Waals surface area (Å²) in [4.78, 5) is 5.71. The van der Waals surface area contributed by atoms with E-state index in [1.807, 2.05) is 11.9 Å². The highest BCUT2D eigenvalue weighted by molar-refractivity contribution is 5.38. The van der Waals surface area contributed by atoms with E-state index in [0.29, 0.717) is 5.82 Å². The molecular formula is C12H17FN2O. The summed E-state index contributed by atoms with van der Waals surface area (Å²) in [6.07, 6.45) is 3.62. The van der Waals surface area contributed by atoms with E-state index < -0.39 is 5.95 Å². The Hall–Kier alpha value is -1.16. The molecule has 0 saturated heterocycles. The minimum Gasteiger partial charge on any atom is -0.391 e. The summed E-state index contributed by atoms with van der Waals surface area (Å²) >= 11 is 0. The lowest BCUT2D eigenvalue weighted by molar-refractivity contribution is 0.106. The topological polar surface area (TPSA) is 36.4 Å². The molecule has 88 valence electrons. The second-order valence-electron chi connectivity index (χ2n) is 4.35. The molecule has 1 aliphatic carbocycles. The maximum atomic E-state index is 13.0. The number of halogens is 1. The third-order valence-electron chi connectivity index (χ3n) is 3.25. The lowest BCUT2D eigenvalue weighted by Crippen LogP contribution is -2.43. The van der Waals surface area contributed by atoms with Gasteiger partial charge in [-0.05, 0) is 25.0 Å². The molecule has 2 rings (SSSR count). The summed E-state index contributed by atoms with van der Waals surface area (Å²) in [5, 5.41) is 9.91. The molecule has 3 nitrogen and oxygen atoms in total. The lowest BCUT2D eigenvalue weighted by atomic mass is 9.91. The average Bonchev–Trinajstić information content (AvgIpc) is 2.29. The van der Waals surface area contributed by atoms with Crippen LogP contribution in [0.25, 0.3) is 0 Å². The van der Waals surface area contributed by atoms with Crippen LogP contribution in [0.3, 0.4) is 0 Å².